The summed E-state index contributed by atoms with van der Waals surface area (Å²) < 4.78 is 0. The Labute approximate surface area is 106 Å². The third-order valence-corrected chi connectivity index (χ3v) is 4.13. The largest absolute Gasteiger partial charge is 0.319 e. The van der Waals surface area contributed by atoms with Gasteiger partial charge in [-0.3, -0.25) is 10.1 Å². The molecule has 1 aromatic carbocycles. The Bertz CT molecular complexity index is 428. The van der Waals surface area contributed by atoms with Crippen LogP contribution in [0.5, 0.6) is 0 Å². The van der Waals surface area contributed by atoms with Crippen molar-refractivity contribution >= 4 is 17.7 Å². The van der Waals surface area contributed by atoms with E-state index in [-0.39, 0.29) is 12.1 Å². The average Bonchev–Trinajstić information content (AvgIpc) is 3.13. The molecule has 0 bridgehead atoms. The van der Waals surface area contributed by atoms with E-state index in [0.717, 1.165) is 12.8 Å². The molecule has 0 spiro atoms. The molecule has 1 aliphatic carbocycles. The molecule has 3 rings (SSSR count). The molecule has 0 radical (unpaired) electrons. The summed E-state index contributed by atoms with van der Waals surface area (Å²) in [4.78, 5) is 15.1. The van der Waals surface area contributed by atoms with Crippen molar-refractivity contribution in [1.82, 2.24) is 10.2 Å². The van der Waals surface area contributed by atoms with E-state index in [2.05, 4.69) is 35.8 Å². The van der Waals surface area contributed by atoms with Gasteiger partial charge in [-0.2, -0.15) is 0 Å². The van der Waals surface area contributed by atoms with E-state index in [0.29, 0.717) is 12.6 Å². The van der Waals surface area contributed by atoms with Crippen LogP contribution in [0.15, 0.2) is 29.2 Å². The van der Waals surface area contributed by atoms with Crippen molar-refractivity contribution in [2.45, 2.75) is 29.9 Å². The number of benzene rings is 1. The normalized spacial score (nSPS) is 24.4. The van der Waals surface area contributed by atoms with E-state index in [1.807, 2.05) is 4.90 Å². The first-order chi connectivity index (χ1) is 8.29. The number of hydrogen-bond donors (Lipinski definition) is 1. The topological polar surface area (TPSA) is 32.3 Å². The quantitative estimate of drug-likeness (QED) is 0.830. The Balaban J connectivity index is 1.84. The smallest absolute Gasteiger partial charge is 0.238 e. The Morgan fingerprint density at radius 2 is 2.00 bits per heavy atom. The minimum atomic E-state index is 0.0888. The number of carbonyl (C=O) groups excluding carboxylic acids is 1. The summed E-state index contributed by atoms with van der Waals surface area (Å²) in [6, 6.07) is 8.96. The zero-order valence-electron chi connectivity index (χ0n) is 9.85. The van der Waals surface area contributed by atoms with E-state index < -0.39 is 0 Å². The number of carbonyl (C=O) groups is 1. The molecule has 4 heteroatoms. The van der Waals surface area contributed by atoms with Crippen molar-refractivity contribution in [1.29, 1.82) is 0 Å². The maximum atomic E-state index is 11.8. The molecule has 2 fully saturated rings. The molecule has 1 atom stereocenters. The van der Waals surface area contributed by atoms with Gasteiger partial charge in [-0.05, 0) is 36.8 Å². The fourth-order valence-electron chi connectivity index (χ4n) is 2.35. The molecule has 1 saturated heterocycles. The van der Waals surface area contributed by atoms with Crippen LogP contribution in [0, 0.1) is 0 Å². The van der Waals surface area contributed by atoms with Gasteiger partial charge in [0.15, 0.2) is 0 Å². The fraction of sp³-hybridized carbons (Fsp3) is 0.462. The molecule has 1 aliphatic heterocycles. The van der Waals surface area contributed by atoms with Crippen LogP contribution in [0.4, 0.5) is 0 Å². The van der Waals surface area contributed by atoms with E-state index in [4.69, 9.17) is 0 Å². The summed E-state index contributed by atoms with van der Waals surface area (Å²) in [6.07, 6.45) is 4.48. The number of thioether (sulfide) groups is 1. The van der Waals surface area contributed by atoms with Crippen LogP contribution >= 0.6 is 11.8 Å². The molecular formula is C13H16N2OS. The SMILES string of the molecule is CSc1ccc(C2NCC(=O)N2C2CC2)cc1. The van der Waals surface area contributed by atoms with Gasteiger partial charge in [0.1, 0.15) is 6.17 Å². The molecule has 1 N–H and O–H groups in total. The van der Waals surface area contributed by atoms with Crippen molar-refractivity contribution in [3.63, 3.8) is 0 Å². The Morgan fingerprint density at radius 1 is 1.29 bits per heavy atom. The lowest BCUT2D eigenvalue weighted by molar-refractivity contribution is -0.128. The molecule has 1 saturated carbocycles. The molecule has 1 heterocycles. The van der Waals surface area contributed by atoms with Gasteiger partial charge in [0, 0.05) is 10.9 Å². The number of nitrogens with one attached hydrogen (secondary N) is 1. The highest BCUT2D eigenvalue weighted by Crippen LogP contribution is 2.35. The van der Waals surface area contributed by atoms with Crippen molar-refractivity contribution < 1.29 is 4.79 Å². The second-order valence-electron chi connectivity index (χ2n) is 4.59. The van der Waals surface area contributed by atoms with Crippen LogP contribution in [-0.4, -0.2) is 29.6 Å². The summed E-state index contributed by atoms with van der Waals surface area (Å²) >= 11 is 1.74. The van der Waals surface area contributed by atoms with Gasteiger partial charge in [0.05, 0.1) is 6.54 Å². The van der Waals surface area contributed by atoms with E-state index >= 15 is 0 Å². The van der Waals surface area contributed by atoms with Crippen LogP contribution in [0.2, 0.25) is 0 Å². The fourth-order valence-corrected chi connectivity index (χ4v) is 2.76. The van der Waals surface area contributed by atoms with Crippen molar-refractivity contribution in [2.24, 2.45) is 0 Å². The number of amides is 1. The zero-order valence-corrected chi connectivity index (χ0v) is 10.7. The van der Waals surface area contributed by atoms with Gasteiger partial charge in [-0.15, -0.1) is 11.8 Å². The molecule has 90 valence electrons. The Morgan fingerprint density at radius 3 is 2.59 bits per heavy atom. The number of rotatable bonds is 3. The maximum absolute atomic E-state index is 11.8. The summed E-state index contributed by atoms with van der Waals surface area (Å²) in [5.74, 6) is 0.242. The second-order valence-corrected chi connectivity index (χ2v) is 5.47. The van der Waals surface area contributed by atoms with Crippen LogP contribution in [0.1, 0.15) is 24.6 Å². The maximum Gasteiger partial charge on any atom is 0.238 e. The predicted octanol–water partition coefficient (Wildman–Crippen LogP) is 2.00. The highest BCUT2D eigenvalue weighted by molar-refractivity contribution is 7.98. The first-order valence-electron chi connectivity index (χ1n) is 5.98. The van der Waals surface area contributed by atoms with Gasteiger partial charge in [0.25, 0.3) is 0 Å². The van der Waals surface area contributed by atoms with E-state index in [1.54, 1.807) is 11.8 Å². The highest BCUT2D eigenvalue weighted by Gasteiger charge is 2.41. The van der Waals surface area contributed by atoms with Gasteiger partial charge < -0.3 is 4.90 Å². The van der Waals surface area contributed by atoms with E-state index in [9.17, 15) is 4.79 Å². The molecule has 2 aliphatic rings. The lowest BCUT2D eigenvalue weighted by Gasteiger charge is -2.24. The average molecular weight is 248 g/mol. The zero-order chi connectivity index (χ0) is 11.8. The van der Waals surface area contributed by atoms with Crippen LogP contribution in [0.3, 0.4) is 0 Å². The minimum absolute atomic E-state index is 0.0888. The molecule has 0 aromatic heterocycles. The molecule has 1 unspecified atom stereocenters. The van der Waals surface area contributed by atoms with Crippen LogP contribution in [-0.2, 0) is 4.79 Å². The minimum Gasteiger partial charge on any atom is -0.319 e. The summed E-state index contributed by atoms with van der Waals surface area (Å²) in [5.41, 5.74) is 1.19. The molecule has 17 heavy (non-hydrogen) atoms. The lowest BCUT2D eigenvalue weighted by atomic mass is 10.1. The highest BCUT2D eigenvalue weighted by atomic mass is 32.2. The molecule has 3 nitrogen and oxygen atoms in total. The van der Waals surface area contributed by atoms with Gasteiger partial charge in [-0.1, -0.05) is 12.1 Å². The number of nitrogens with zero attached hydrogens (tertiary/aromatic N) is 1. The first-order valence-corrected chi connectivity index (χ1v) is 7.20. The van der Waals surface area contributed by atoms with Gasteiger partial charge in [-0.25, -0.2) is 0 Å². The van der Waals surface area contributed by atoms with E-state index in [1.165, 1.54) is 10.5 Å². The molecular weight excluding hydrogens is 232 g/mol. The van der Waals surface area contributed by atoms with Gasteiger partial charge in [0.2, 0.25) is 5.91 Å². The molecule has 1 amide bonds. The number of hydrogen-bond acceptors (Lipinski definition) is 3. The standard InChI is InChI=1S/C13H16N2OS/c1-17-11-6-2-9(3-7-11)13-14-8-12(16)15(13)10-4-5-10/h2-3,6-7,10,13-14H,4-5,8H2,1H3. The second kappa shape index (κ2) is 4.35. The molecule has 1 aromatic rings. The third-order valence-electron chi connectivity index (χ3n) is 3.38. The lowest BCUT2D eigenvalue weighted by Crippen LogP contribution is -2.32. The van der Waals surface area contributed by atoms with Crippen molar-refractivity contribution in [2.75, 3.05) is 12.8 Å². The predicted molar refractivity (Wildman–Crippen MR) is 68.8 cm³/mol. The Hall–Kier alpha value is -1.00. The van der Waals surface area contributed by atoms with Crippen LogP contribution < -0.4 is 5.32 Å². The monoisotopic (exact) mass is 248 g/mol. The van der Waals surface area contributed by atoms with Gasteiger partial charge >= 0.3 is 0 Å². The van der Waals surface area contributed by atoms with Crippen LogP contribution in [0.25, 0.3) is 0 Å². The third kappa shape index (κ3) is 2.07. The van der Waals surface area contributed by atoms with Crippen molar-refractivity contribution in [3.05, 3.63) is 29.8 Å². The summed E-state index contributed by atoms with van der Waals surface area (Å²) in [6.45, 7) is 0.478. The summed E-state index contributed by atoms with van der Waals surface area (Å²) in [7, 11) is 0. The summed E-state index contributed by atoms with van der Waals surface area (Å²) in [5, 5.41) is 3.30. The first kappa shape index (κ1) is 11.1. The Kier molecular flexibility index (Phi) is 2.84. The van der Waals surface area contributed by atoms with Crippen molar-refractivity contribution in [3.8, 4) is 0 Å².